The molecule has 0 aliphatic carbocycles. The zero-order valence-electron chi connectivity index (χ0n) is 15.7. The van der Waals surface area contributed by atoms with Gasteiger partial charge in [-0.3, -0.25) is 0 Å². The summed E-state index contributed by atoms with van der Waals surface area (Å²) in [5, 5.41) is 8.78. The molecular weight excluding hydrogens is 352 g/mol. The van der Waals surface area contributed by atoms with E-state index in [4.69, 9.17) is 25.4 Å². The van der Waals surface area contributed by atoms with E-state index in [9.17, 15) is 0 Å². The highest BCUT2D eigenvalue weighted by Gasteiger charge is 2.28. The second kappa shape index (κ2) is 6.80. The van der Waals surface area contributed by atoms with E-state index in [1.165, 1.54) is 0 Å². The van der Waals surface area contributed by atoms with Crippen LogP contribution in [0.1, 0.15) is 46.1 Å². The zero-order valence-corrected chi connectivity index (χ0v) is 16.4. The van der Waals surface area contributed by atoms with Crippen LogP contribution in [0.5, 0.6) is 5.88 Å². The van der Waals surface area contributed by atoms with Gasteiger partial charge in [0, 0.05) is 23.1 Å². The van der Waals surface area contributed by atoms with Crippen LogP contribution in [-0.2, 0) is 10.8 Å². The Balaban J connectivity index is 1.73. The van der Waals surface area contributed by atoms with Gasteiger partial charge in [-0.1, -0.05) is 55.7 Å². The maximum Gasteiger partial charge on any atom is 0.254 e. The quantitative estimate of drug-likeness (QED) is 0.578. The van der Waals surface area contributed by atoms with Gasteiger partial charge in [0.2, 0.25) is 0 Å². The van der Waals surface area contributed by atoms with Crippen LogP contribution < -0.4 is 4.74 Å². The number of hydrogen-bond donors (Lipinski definition) is 0. The van der Waals surface area contributed by atoms with Gasteiger partial charge in [0.15, 0.2) is 0 Å². The molecule has 0 atom stereocenters. The smallest absolute Gasteiger partial charge is 0.254 e. The van der Waals surface area contributed by atoms with E-state index in [0.29, 0.717) is 29.0 Å². The monoisotopic (exact) mass is 374 g/mol. The van der Waals surface area contributed by atoms with Crippen molar-refractivity contribution in [3.05, 3.63) is 52.9 Å². The van der Waals surface area contributed by atoms with Crippen LogP contribution in [0.2, 0.25) is 5.02 Å². The van der Waals surface area contributed by atoms with Gasteiger partial charge in [-0.05, 0) is 25.1 Å². The lowest BCUT2D eigenvalue weighted by molar-refractivity contribution is 0.190. The van der Waals surface area contributed by atoms with Crippen LogP contribution in [0.15, 0.2) is 45.4 Å². The van der Waals surface area contributed by atoms with Crippen LogP contribution in [0, 0.1) is 0 Å². The van der Waals surface area contributed by atoms with E-state index < -0.39 is 5.41 Å². The lowest BCUT2D eigenvalue weighted by Gasteiger charge is -2.20. The largest absolute Gasteiger partial charge is 0.474 e. The van der Waals surface area contributed by atoms with Crippen LogP contribution in [0.25, 0.3) is 11.3 Å². The number of ether oxygens (including phenoxy) is 1. The molecule has 0 saturated heterocycles. The molecule has 0 N–H and O–H groups in total. The normalized spacial score (nSPS) is 12.4. The average molecular weight is 375 g/mol. The first-order valence-electron chi connectivity index (χ1n) is 8.49. The fraction of sp³-hybridized carbons (Fsp3) is 0.400. The van der Waals surface area contributed by atoms with Crippen molar-refractivity contribution in [3.8, 4) is 17.1 Å². The van der Waals surface area contributed by atoms with Gasteiger partial charge in [0.25, 0.3) is 5.88 Å². The summed E-state index contributed by atoms with van der Waals surface area (Å²) < 4.78 is 16.7. The summed E-state index contributed by atoms with van der Waals surface area (Å²) in [4.78, 5) is 0. The second-order valence-corrected chi connectivity index (χ2v) is 8.42. The van der Waals surface area contributed by atoms with Gasteiger partial charge in [-0.2, -0.15) is 0 Å². The van der Waals surface area contributed by atoms with Crippen molar-refractivity contribution in [2.45, 2.75) is 45.4 Å². The Hall–Kier alpha value is -2.27. The number of rotatable bonds is 5. The minimum atomic E-state index is -0.395. The molecule has 138 valence electrons. The lowest BCUT2D eigenvalue weighted by atomic mass is 9.91. The summed E-state index contributed by atoms with van der Waals surface area (Å²) >= 11 is 6.24. The standard InChI is InChI=1S/C20H23ClN2O3/c1-19(2,3)16-11-18(23-25-16)24-12-20(4,5)17-10-15(22-26-17)13-8-6-7-9-14(13)21/h6-11H,12H2,1-5H3. The fourth-order valence-electron chi connectivity index (χ4n) is 2.40. The molecule has 26 heavy (non-hydrogen) atoms. The van der Waals surface area contributed by atoms with Crippen LogP contribution in [-0.4, -0.2) is 16.9 Å². The molecule has 1 aromatic carbocycles. The van der Waals surface area contributed by atoms with Gasteiger partial charge < -0.3 is 13.8 Å². The topological polar surface area (TPSA) is 61.3 Å². The minimum Gasteiger partial charge on any atom is -0.474 e. The number of hydrogen-bond acceptors (Lipinski definition) is 5. The molecule has 0 aliphatic heterocycles. The molecule has 3 aromatic rings. The molecule has 2 aromatic heterocycles. The van der Waals surface area contributed by atoms with E-state index in [0.717, 1.165) is 11.3 Å². The number of nitrogens with zero attached hydrogens (tertiary/aromatic N) is 2. The molecule has 0 fully saturated rings. The number of benzene rings is 1. The molecule has 5 nitrogen and oxygen atoms in total. The molecule has 2 heterocycles. The lowest BCUT2D eigenvalue weighted by Crippen LogP contribution is -2.25. The molecule has 0 radical (unpaired) electrons. The van der Waals surface area contributed by atoms with Gasteiger partial charge in [-0.25, -0.2) is 0 Å². The highest BCUT2D eigenvalue weighted by molar-refractivity contribution is 6.33. The molecule has 0 unspecified atom stereocenters. The Labute approximate surface area is 158 Å². The molecule has 0 saturated carbocycles. The first-order valence-corrected chi connectivity index (χ1v) is 8.87. The van der Waals surface area contributed by atoms with Gasteiger partial charge in [0.1, 0.15) is 23.8 Å². The molecule has 0 spiro atoms. The summed E-state index contributed by atoms with van der Waals surface area (Å²) in [6, 6.07) is 11.3. The van der Waals surface area contributed by atoms with Gasteiger partial charge in [0.05, 0.1) is 10.4 Å². The summed E-state index contributed by atoms with van der Waals surface area (Å²) in [5.41, 5.74) is 1.04. The van der Waals surface area contributed by atoms with Crippen molar-refractivity contribution in [2.75, 3.05) is 6.61 Å². The Morgan fingerprint density at radius 1 is 0.962 bits per heavy atom. The maximum atomic E-state index is 6.24. The molecule has 6 heteroatoms. The highest BCUT2D eigenvalue weighted by Crippen LogP contribution is 2.32. The first kappa shape index (κ1) is 18.5. The molecule has 0 amide bonds. The summed E-state index contributed by atoms with van der Waals surface area (Å²) in [7, 11) is 0. The fourth-order valence-corrected chi connectivity index (χ4v) is 2.63. The Kier molecular flexibility index (Phi) is 4.84. The van der Waals surface area contributed by atoms with E-state index in [-0.39, 0.29) is 5.41 Å². The van der Waals surface area contributed by atoms with Crippen LogP contribution in [0.3, 0.4) is 0 Å². The second-order valence-electron chi connectivity index (χ2n) is 8.01. The Morgan fingerprint density at radius 3 is 2.31 bits per heavy atom. The van der Waals surface area contributed by atoms with E-state index in [2.05, 4.69) is 31.1 Å². The number of aromatic nitrogens is 2. The highest BCUT2D eigenvalue weighted by atomic mass is 35.5. The van der Waals surface area contributed by atoms with Crippen molar-refractivity contribution in [3.63, 3.8) is 0 Å². The van der Waals surface area contributed by atoms with E-state index in [1.54, 1.807) is 0 Å². The predicted octanol–water partition coefficient (Wildman–Crippen LogP) is 5.64. The summed E-state index contributed by atoms with van der Waals surface area (Å²) in [6.07, 6.45) is 0. The van der Waals surface area contributed by atoms with Crippen LogP contribution in [0.4, 0.5) is 0 Å². The third-order valence-corrected chi connectivity index (χ3v) is 4.47. The zero-order chi connectivity index (χ0) is 18.9. The van der Waals surface area contributed by atoms with Crippen molar-refractivity contribution in [1.82, 2.24) is 10.3 Å². The Bertz CT molecular complexity index is 890. The first-order chi connectivity index (χ1) is 12.2. The average Bonchev–Trinajstić information content (AvgIpc) is 3.23. The van der Waals surface area contributed by atoms with Crippen LogP contribution >= 0.6 is 11.6 Å². The van der Waals surface area contributed by atoms with Crippen molar-refractivity contribution < 1.29 is 13.8 Å². The van der Waals surface area contributed by atoms with Crippen molar-refractivity contribution in [1.29, 1.82) is 0 Å². The molecule has 0 aliphatic rings. The third kappa shape index (κ3) is 3.93. The molecule has 3 rings (SSSR count). The van der Waals surface area contributed by atoms with E-state index in [1.807, 2.05) is 50.2 Å². The van der Waals surface area contributed by atoms with E-state index >= 15 is 0 Å². The Morgan fingerprint density at radius 2 is 1.65 bits per heavy atom. The number of halogens is 1. The van der Waals surface area contributed by atoms with Gasteiger partial charge in [-0.15, -0.1) is 0 Å². The van der Waals surface area contributed by atoms with Gasteiger partial charge >= 0.3 is 0 Å². The van der Waals surface area contributed by atoms with Crippen molar-refractivity contribution >= 4 is 11.6 Å². The molecular formula is C20H23ClN2O3. The summed E-state index contributed by atoms with van der Waals surface area (Å²) in [6.45, 7) is 10.6. The minimum absolute atomic E-state index is 0.112. The maximum absolute atomic E-state index is 6.24. The third-order valence-electron chi connectivity index (χ3n) is 4.14. The SMILES string of the molecule is CC(C)(C)c1cc(OCC(C)(C)c2cc(-c3ccccc3Cl)no2)no1. The summed E-state index contributed by atoms with van der Waals surface area (Å²) in [5.74, 6) is 1.96. The molecule has 0 bridgehead atoms. The van der Waals surface area contributed by atoms with Crippen molar-refractivity contribution in [2.24, 2.45) is 0 Å². The predicted molar refractivity (Wildman–Crippen MR) is 101 cm³/mol.